The van der Waals surface area contributed by atoms with Gasteiger partial charge in [0.2, 0.25) is 17.7 Å². The van der Waals surface area contributed by atoms with Crippen LogP contribution in [0.2, 0.25) is 5.02 Å². The Morgan fingerprint density at radius 3 is 2.71 bits per heavy atom. The molecule has 3 fully saturated rings. The van der Waals surface area contributed by atoms with E-state index in [9.17, 15) is 14.4 Å². The SMILES string of the molecule is O=C(Nc1cccc(Cl)c1)C1[C@@H]2C=CC3(O2)C(C(=O)NC2CCCCC2)N(CCC2=CCCCC2)C(=O)[C@H]13. The number of amides is 3. The number of carbonyl (C=O) groups is 3. The van der Waals surface area contributed by atoms with Crippen molar-refractivity contribution in [3.05, 3.63) is 53.1 Å². The quantitative estimate of drug-likeness (QED) is 0.490. The van der Waals surface area contributed by atoms with Crippen LogP contribution in [0.1, 0.15) is 64.2 Å². The Bertz CT molecular complexity index is 1180. The maximum Gasteiger partial charge on any atom is 0.246 e. The van der Waals surface area contributed by atoms with Crippen LogP contribution in [0.3, 0.4) is 0 Å². The van der Waals surface area contributed by atoms with Crippen molar-refractivity contribution in [2.24, 2.45) is 11.8 Å². The van der Waals surface area contributed by atoms with Gasteiger partial charge in [0.15, 0.2) is 0 Å². The van der Waals surface area contributed by atoms with E-state index in [0.717, 1.165) is 51.4 Å². The lowest BCUT2D eigenvalue weighted by atomic mass is 9.74. The Kier molecular flexibility index (Phi) is 7.08. The summed E-state index contributed by atoms with van der Waals surface area (Å²) < 4.78 is 6.46. The van der Waals surface area contributed by atoms with Gasteiger partial charge in [0.25, 0.3) is 0 Å². The monoisotopic (exact) mass is 537 g/mol. The molecule has 2 N–H and O–H groups in total. The fraction of sp³-hybridized carbons (Fsp3) is 0.567. The molecular formula is C30H36ClN3O4. The summed E-state index contributed by atoms with van der Waals surface area (Å²) in [5.41, 5.74) is 0.792. The van der Waals surface area contributed by atoms with E-state index in [-0.39, 0.29) is 23.8 Å². The van der Waals surface area contributed by atoms with Gasteiger partial charge >= 0.3 is 0 Å². The van der Waals surface area contributed by atoms with E-state index in [1.165, 1.54) is 18.4 Å². The van der Waals surface area contributed by atoms with Crippen LogP contribution in [0, 0.1) is 11.8 Å². The van der Waals surface area contributed by atoms with Gasteiger partial charge in [-0.3, -0.25) is 14.4 Å². The number of hydrogen-bond donors (Lipinski definition) is 2. The zero-order chi connectivity index (χ0) is 26.3. The molecule has 38 heavy (non-hydrogen) atoms. The summed E-state index contributed by atoms with van der Waals surface area (Å²) in [4.78, 5) is 43.3. The topological polar surface area (TPSA) is 87.7 Å². The summed E-state index contributed by atoms with van der Waals surface area (Å²) in [7, 11) is 0. The van der Waals surface area contributed by atoms with Crippen molar-refractivity contribution >= 4 is 35.0 Å². The number of allylic oxidation sites excluding steroid dienone is 1. The lowest BCUT2D eigenvalue weighted by Crippen LogP contribution is -2.56. The van der Waals surface area contributed by atoms with Crippen LogP contribution in [0.15, 0.2) is 48.1 Å². The molecule has 1 aromatic carbocycles. The molecule has 5 atom stereocenters. The predicted octanol–water partition coefficient (Wildman–Crippen LogP) is 4.77. The lowest BCUT2D eigenvalue weighted by Gasteiger charge is -2.34. The maximum atomic E-state index is 14.1. The molecule has 3 heterocycles. The molecule has 8 heteroatoms. The van der Waals surface area contributed by atoms with Crippen molar-refractivity contribution in [2.45, 2.75) is 88.0 Å². The van der Waals surface area contributed by atoms with Crippen LogP contribution >= 0.6 is 11.6 Å². The molecule has 3 unspecified atom stereocenters. The van der Waals surface area contributed by atoms with E-state index in [1.807, 2.05) is 12.2 Å². The maximum absolute atomic E-state index is 14.1. The highest BCUT2D eigenvalue weighted by Crippen LogP contribution is 2.55. The van der Waals surface area contributed by atoms with Gasteiger partial charge in [-0.2, -0.15) is 0 Å². The zero-order valence-corrected chi connectivity index (χ0v) is 22.4. The molecule has 0 aromatic heterocycles. The second-order valence-electron chi connectivity index (χ2n) is 11.4. The summed E-state index contributed by atoms with van der Waals surface area (Å²) >= 11 is 6.12. The van der Waals surface area contributed by atoms with Gasteiger partial charge in [-0.15, -0.1) is 0 Å². The second-order valence-corrected chi connectivity index (χ2v) is 11.9. The van der Waals surface area contributed by atoms with Crippen LogP contribution < -0.4 is 10.6 Å². The number of nitrogens with zero attached hydrogens (tertiary/aromatic N) is 1. The number of ether oxygens (including phenoxy) is 1. The Balaban J connectivity index is 1.28. The van der Waals surface area contributed by atoms with Crippen LogP contribution in [-0.4, -0.2) is 53.0 Å². The first kappa shape index (κ1) is 25.6. The molecule has 1 aromatic rings. The highest BCUT2D eigenvalue weighted by Gasteiger charge is 2.72. The average Bonchev–Trinajstić information content (AvgIpc) is 3.56. The van der Waals surface area contributed by atoms with Gasteiger partial charge in [0.1, 0.15) is 11.6 Å². The van der Waals surface area contributed by atoms with Crippen molar-refractivity contribution in [1.29, 1.82) is 0 Å². The third kappa shape index (κ3) is 4.58. The minimum absolute atomic E-state index is 0.120. The van der Waals surface area contributed by atoms with Gasteiger partial charge in [-0.25, -0.2) is 0 Å². The first-order valence-electron chi connectivity index (χ1n) is 14.2. The molecule has 3 amide bonds. The second kappa shape index (κ2) is 10.5. The molecule has 2 bridgehead atoms. The lowest BCUT2D eigenvalue weighted by molar-refractivity contribution is -0.141. The Hall–Kier alpha value is -2.64. The predicted molar refractivity (Wildman–Crippen MR) is 145 cm³/mol. The first-order chi connectivity index (χ1) is 18.5. The number of hydrogen-bond acceptors (Lipinski definition) is 4. The van der Waals surface area contributed by atoms with Crippen molar-refractivity contribution in [1.82, 2.24) is 10.2 Å². The zero-order valence-electron chi connectivity index (χ0n) is 21.7. The third-order valence-electron chi connectivity index (χ3n) is 9.03. The first-order valence-corrected chi connectivity index (χ1v) is 14.6. The normalized spacial score (nSPS) is 32.3. The summed E-state index contributed by atoms with van der Waals surface area (Å²) in [6.07, 6.45) is 16.0. The summed E-state index contributed by atoms with van der Waals surface area (Å²) in [5, 5.41) is 6.70. The molecule has 5 aliphatic rings. The van der Waals surface area contributed by atoms with Crippen molar-refractivity contribution in [3.63, 3.8) is 0 Å². The van der Waals surface area contributed by atoms with E-state index >= 15 is 0 Å². The molecule has 7 nitrogen and oxygen atoms in total. The van der Waals surface area contributed by atoms with Crippen LogP contribution in [0.4, 0.5) is 5.69 Å². The minimum Gasteiger partial charge on any atom is -0.359 e. The number of benzene rings is 1. The summed E-state index contributed by atoms with van der Waals surface area (Å²) in [5.74, 6) is -2.06. The highest BCUT2D eigenvalue weighted by molar-refractivity contribution is 6.30. The minimum atomic E-state index is -1.13. The Morgan fingerprint density at radius 1 is 1.11 bits per heavy atom. The number of rotatable bonds is 7. The van der Waals surface area contributed by atoms with Gasteiger partial charge in [-0.1, -0.05) is 60.7 Å². The number of nitrogens with one attached hydrogen (secondary N) is 2. The molecule has 3 aliphatic heterocycles. The van der Waals surface area contributed by atoms with Gasteiger partial charge in [0.05, 0.1) is 17.9 Å². The highest BCUT2D eigenvalue weighted by atomic mass is 35.5. The molecule has 1 spiro atoms. The van der Waals surface area contributed by atoms with E-state index in [0.29, 0.717) is 17.3 Å². The number of anilines is 1. The Morgan fingerprint density at radius 2 is 1.95 bits per heavy atom. The van der Waals surface area contributed by atoms with Crippen LogP contribution in [0.25, 0.3) is 0 Å². The molecular weight excluding hydrogens is 502 g/mol. The van der Waals surface area contributed by atoms with Crippen molar-refractivity contribution in [2.75, 3.05) is 11.9 Å². The number of halogens is 1. The van der Waals surface area contributed by atoms with Gasteiger partial charge < -0.3 is 20.3 Å². The van der Waals surface area contributed by atoms with E-state index in [1.54, 1.807) is 29.2 Å². The molecule has 2 aliphatic carbocycles. The molecule has 1 saturated carbocycles. The number of likely N-dealkylation sites (tertiary alicyclic amines) is 1. The van der Waals surface area contributed by atoms with E-state index in [2.05, 4.69) is 16.7 Å². The summed E-state index contributed by atoms with van der Waals surface area (Å²) in [6, 6.07) is 6.30. The van der Waals surface area contributed by atoms with Gasteiger partial charge in [0, 0.05) is 23.3 Å². The molecule has 0 radical (unpaired) electrons. The van der Waals surface area contributed by atoms with E-state index < -0.39 is 29.6 Å². The summed E-state index contributed by atoms with van der Waals surface area (Å²) in [6.45, 7) is 0.455. The van der Waals surface area contributed by atoms with Crippen molar-refractivity contribution < 1.29 is 19.1 Å². The van der Waals surface area contributed by atoms with Crippen molar-refractivity contribution in [3.8, 4) is 0 Å². The van der Waals surface area contributed by atoms with Crippen LogP contribution in [0.5, 0.6) is 0 Å². The molecule has 6 rings (SSSR count). The van der Waals surface area contributed by atoms with E-state index in [4.69, 9.17) is 16.3 Å². The standard InChI is InChI=1S/C30H36ClN3O4/c31-20-10-7-13-22(18-20)33-27(35)24-23-14-16-30(38-23)25(24)29(37)34(17-15-19-8-3-1-4-9-19)26(30)28(36)32-21-11-5-2-6-12-21/h7-8,10,13-14,16,18,21,23-26H,1-6,9,11-12,15,17H2,(H,32,36)(H,33,35)/t23-,24?,25-,26?,30?/m0/s1. The number of carbonyl (C=O) groups excluding carboxylic acids is 3. The fourth-order valence-electron chi connectivity index (χ4n) is 7.22. The average molecular weight is 538 g/mol. The largest absolute Gasteiger partial charge is 0.359 e. The smallest absolute Gasteiger partial charge is 0.246 e. The Labute approximate surface area is 229 Å². The van der Waals surface area contributed by atoms with Gasteiger partial charge in [-0.05, 0) is 63.1 Å². The van der Waals surface area contributed by atoms with Crippen LogP contribution in [-0.2, 0) is 19.1 Å². The third-order valence-corrected chi connectivity index (χ3v) is 9.26. The molecule has 202 valence electrons. The fourth-order valence-corrected chi connectivity index (χ4v) is 7.41. The number of fused-ring (bicyclic) bond motifs is 1. The molecule has 2 saturated heterocycles.